The standard InChI is InChI=1S/C21H25N5O/c1-15-19(16(2)26(25-15)18-10-5-4-6-11-18)13-23-21(22)24-20-12-8-7-9-17(20)14-27-3/h4-12H,13-14H2,1-3H3,(H3,22,23,24). The lowest BCUT2D eigenvalue weighted by atomic mass is 10.2. The first-order chi connectivity index (χ1) is 13.1. The molecule has 3 rings (SSSR count). The highest BCUT2D eigenvalue weighted by Crippen LogP contribution is 2.19. The summed E-state index contributed by atoms with van der Waals surface area (Å²) in [6, 6.07) is 18.0. The van der Waals surface area contributed by atoms with E-state index in [0.29, 0.717) is 19.1 Å². The lowest BCUT2D eigenvalue weighted by Gasteiger charge is -2.11. The zero-order valence-corrected chi connectivity index (χ0v) is 15.9. The van der Waals surface area contributed by atoms with Crippen LogP contribution in [0.1, 0.15) is 22.5 Å². The van der Waals surface area contributed by atoms with Crippen LogP contribution in [0.5, 0.6) is 0 Å². The van der Waals surface area contributed by atoms with Crippen molar-refractivity contribution in [3.63, 3.8) is 0 Å². The molecule has 0 spiro atoms. The molecule has 27 heavy (non-hydrogen) atoms. The van der Waals surface area contributed by atoms with Crippen LogP contribution in [-0.4, -0.2) is 22.8 Å². The number of nitrogens with zero attached hydrogens (tertiary/aromatic N) is 3. The van der Waals surface area contributed by atoms with Gasteiger partial charge in [-0.2, -0.15) is 5.10 Å². The molecule has 0 aliphatic carbocycles. The molecule has 1 heterocycles. The van der Waals surface area contributed by atoms with Gasteiger partial charge in [-0.1, -0.05) is 36.4 Å². The lowest BCUT2D eigenvalue weighted by molar-refractivity contribution is 0.185. The Hall–Kier alpha value is -3.12. The van der Waals surface area contributed by atoms with Gasteiger partial charge in [0.15, 0.2) is 5.96 Å². The number of aliphatic imine (C=N–C) groups is 1. The van der Waals surface area contributed by atoms with E-state index in [4.69, 9.17) is 10.5 Å². The molecule has 1 aromatic heterocycles. The Balaban J connectivity index is 1.77. The minimum absolute atomic E-state index is 0.366. The fourth-order valence-electron chi connectivity index (χ4n) is 2.99. The van der Waals surface area contributed by atoms with Crippen LogP contribution in [0.25, 0.3) is 5.69 Å². The van der Waals surface area contributed by atoms with Gasteiger partial charge in [0.05, 0.1) is 24.5 Å². The number of hydrogen-bond acceptors (Lipinski definition) is 3. The van der Waals surface area contributed by atoms with Gasteiger partial charge >= 0.3 is 0 Å². The molecule has 0 bridgehead atoms. The van der Waals surface area contributed by atoms with E-state index in [9.17, 15) is 0 Å². The van der Waals surface area contributed by atoms with E-state index in [-0.39, 0.29) is 0 Å². The van der Waals surface area contributed by atoms with Gasteiger partial charge in [0.25, 0.3) is 0 Å². The number of nitrogens with one attached hydrogen (secondary N) is 1. The first-order valence-corrected chi connectivity index (χ1v) is 8.84. The molecule has 0 amide bonds. The SMILES string of the molecule is COCc1ccccc1NC(N)=NCc1c(C)nn(-c2ccccc2)c1C. The summed E-state index contributed by atoms with van der Waals surface area (Å²) in [7, 11) is 1.67. The van der Waals surface area contributed by atoms with Crippen molar-refractivity contribution < 1.29 is 4.74 Å². The molecule has 6 heteroatoms. The second kappa shape index (κ2) is 8.51. The van der Waals surface area contributed by atoms with Crippen molar-refractivity contribution in [2.75, 3.05) is 12.4 Å². The van der Waals surface area contributed by atoms with Gasteiger partial charge in [0.1, 0.15) is 0 Å². The second-order valence-electron chi connectivity index (χ2n) is 6.31. The smallest absolute Gasteiger partial charge is 0.193 e. The third-order valence-electron chi connectivity index (χ3n) is 4.43. The quantitative estimate of drug-likeness (QED) is 0.518. The molecule has 2 aromatic carbocycles. The Morgan fingerprint density at radius 2 is 1.81 bits per heavy atom. The number of hydrogen-bond donors (Lipinski definition) is 2. The summed E-state index contributed by atoms with van der Waals surface area (Å²) in [4.78, 5) is 4.51. The van der Waals surface area contributed by atoms with Gasteiger partial charge in [0.2, 0.25) is 0 Å². The molecule has 3 N–H and O–H groups in total. The Morgan fingerprint density at radius 1 is 1.11 bits per heavy atom. The number of aryl methyl sites for hydroxylation is 1. The first-order valence-electron chi connectivity index (χ1n) is 8.84. The van der Waals surface area contributed by atoms with Crippen LogP contribution < -0.4 is 11.1 Å². The molecule has 6 nitrogen and oxygen atoms in total. The van der Waals surface area contributed by atoms with Crippen LogP contribution in [0.4, 0.5) is 5.69 Å². The van der Waals surface area contributed by atoms with Gasteiger partial charge < -0.3 is 15.8 Å². The van der Waals surface area contributed by atoms with Crippen LogP contribution in [0.3, 0.4) is 0 Å². The summed E-state index contributed by atoms with van der Waals surface area (Å²) < 4.78 is 7.17. The van der Waals surface area contributed by atoms with Gasteiger partial charge in [-0.3, -0.25) is 0 Å². The molecular weight excluding hydrogens is 338 g/mol. The maximum Gasteiger partial charge on any atom is 0.193 e. The molecule has 0 saturated heterocycles. The van der Waals surface area contributed by atoms with Crippen LogP contribution in [0.15, 0.2) is 59.6 Å². The zero-order chi connectivity index (χ0) is 19.2. The van der Waals surface area contributed by atoms with Crippen LogP contribution >= 0.6 is 0 Å². The average molecular weight is 363 g/mol. The number of aromatic nitrogens is 2. The second-order valence-corrected chi connectivity index (χ2v) is 6.31. The van der Waals surface area contributed by atoms with Crippen molar-refractivity contribution in [3.8, 4) is 5.69 Å². The van der Waals surface area contributed by atoms with Crippen molar-refractivity contribution in [2.24, 2.45) is 10.7 Å². The normalized spacial score (nSPS) is 11.6. The molecule has 0 radical (unpaired) electrons. The molecule has 140 valence electrons. The van der Waals surface area contributed by atoms with E-state index in [1.165, 1.54) is 0 Å². The van der Waals surface area contributed by atoms with Crippen molar-refractivity contribution in [1.29, 1.82) is 0 Å². The van der Waals surface area contributed by atoms with Gasteiger partial charge in [-0.05, 0) is 32.0 Å². The summed E-state index contributed by atoms with van der Waals surface area (Å²) in [6.07, 6.45) is 0. The Labute approximate surface area is 159 Å². The van der Waals surface area contributed by atoms with Crippen LogP contribution in [0.2, 0.25) is 0 Å². The summed E-state index contributed by atoms with van der Waals surface area (Å²) >= 11 is 0. The van der Waals surface area contributed by atoms with Crippen molar-refractivity contribution >= 4 is 11.6 Å². The summed E-state index contributed by atoms with van der Waals surface area (Å²) in [5.74, 6) is 0.366. The molecule has 0 fully saturated rings. The summed E-state index contributed by atoms with van der Waals surface area (Å²) in [6.45, 7) is 5.03. The minimum atomic E-state index is 0.366. The van der Waals surface area contributed by atoms with E-state index in [0.717, 1.165) is 33.9 Å². The van der Waals surface area contributed by atoms with Crippen LogP contribution in [0, 0.1) is 13.8 Å². The Morgan fingerprint density at radius 3 is 2.56 bits per heavy atom. The number of para-hydroxylation sites is 2. The third kappa shape index (κ3) is 4.35. The Bertz CT molecular complexity index is 931. The van der Waals surface area contributed by atoms with E-state index in [1.54, 1.807) is 7.11 Å². The highest BCUT2D eigenvalue weighted by molar-refractivity contribution is 5.92. The van der Waals surface area contributed by atoms with Crippen molar-refractivity contribution in [3.05, 3.63) is 77.1 Å². The number of ether oxygens (including phenoxy) is 1. The third-order valence-corrected chi connectivity index (χ3v) is 4.43. The predicted molar refractivity (Wildman–Crippen MR) is 109 cm³/mol. The van der Waals surface area contributed by atoms with E-state index >= 15 is 0 Å². The number of rotatable bonds is 6. The molecule has 0 aliphatic heterocycles. The van der Waals surface area contributed by atoms with Crippen LogP contribution in [-0.2, 0) is 17.9 Å². The maximum absolute atomic E-state index is 6.11. The van der Waals surface area contributed by atoms with E-state index in [2.05, 4.69) is 22.3 Å². The van der Waals surface area contributed by atoms with Crippen molar-refractivity contribution in [1.82, 2.24) is 9.78 Å². The molecular formula is C21H25N5O. The highest BCUT2D eigenvalue weighted by Gasteiger charge is 2.12. The number of anilines is 1. The lowest BCUT2D eigenvalue weighted by Crippen LogP contribution is -2.23. The summed E-state index contributed by atoms with van der Waals surface area (Å²) in [5, 5.41) is 7.81. The molecule has 0 saturated carbocycles. The molecule has 0 aliphatic rings. The van der Waals surface area contributed by atoms with Gasteiger partial charge in [-0.15, -0.1) is 0 Å². The fourth-order valence-corrected chi connectivity index (χ4v) is 2.99. The largest absolute Gasteiger partial charge is 0.380 e. The molecule has 0 unspecified atom stereocenters. The van der Waals surface area contributed by atoms with E-state index in [1.807, 2.05) is 66.2 Å². The molecule has 3 aromatic rings. The van der Waals surface area contributed by atoms with Gasteiger partial charge in [0, 0.05) is 29.6 Å². The Kier molecular flexibility index (Phi) is 5.88. The monoisotopic (exact) mass is 363 g/mol. The number of guanidine groups is 1. The summed E-state index contributed by atoms with van der Waals surface area (Å²) in [5.41, 5.74) is 12.2. The predicted octanol–water partition coefficient (Wildman–Crippen LogP) is 3.56. The molecule has 0 atom stereocenters. The average Bonchev–Trinajstić information content (AvgIpc) is 2.96. The highest BCUT2D eigenvalue weighted by atomic mass is 16.5. The fraction of sp³-hybridized carbons (Fsp3) is 0.238. The number of methoxy groups -OCH3 is 1. The topological polar surface area (TPSA) is 77.5 Å². The zero-order valence-electron chi connectivity index (χ0n) is 15.9. The number of benzene rings is 2. The van der Waals surface area contributed by atoms with E-state index < -0.39 is 0 Å². The maximum atomic E-state index is 6.11. The van der Waals surface area contributed by atoms with Gasteiger partial charge in [-0.25, -0.2) is 9.67 Å². The number of nitrogens with two attached hydrogens (primary N) is 1. The van der Waals surface area contributed by atoms with Crippen molar-refractivity contribution in [2.45, 2.75) is 27.0 Å². The first kappa shape index (κ1) is 18.7. The minimum Gasteiger partial charge on any atom is -0.380 e.